The molecule has 0 spiro atoms. The van der Waals surface area contributed by atoms with E-state index < -0.39 is 13.9 Å². The first-order valence-electron chi connectivity index (χ1n) is 7.52. The molecule has 1 amide bonds. The number of rotatable bonds is 4. The van der Waals surface area contributed by atoms with Crippen LogP contribution >= 0.6 is 11.6 Å². The zero-order valence-electron chi connectivity index (χ0n) is 14.6. The fourth-order valence-electron chi connectivity index (χ4n) is 1.77. The number of carbonyl (C=O) groups excluding carboxylic acids is 1. The molecule has 0 aliphatic carbocycles. The molecule has 0 aromatic heterocycles. The third-order valence-electron chi connectivity index (χ3n) is 4.11. The molecule has 6 heteroatoms. The summed E-state index contributed by atoms with van der Waals surface area (Å²) in [5.41, 5.74) is -0.471. The van der Waals surface area contributed by atoms with Crippen LogP contribution in [0.4, 0.5) is 4.79 Å². The number of hydrogen-bond acceptors (Lipinski definition) is 3. The highest BCUT2D eigenvalue weighted by Crippen LogP contribution is 2.39. The molecule has 0 aromatic rings. The predicted molar refractivity (Wildman–Crippen MR) is 89.5 cm³/mol. The van der Waals surface area contributed by atoms with Crippen molar-refractivity contribution in [3.63, 3.8) is 0 Å². The molecule has 124 valence electrons. The van der Waals surface area contributed by atoms with Gasteiger partial charge in [-0.25, -0.2) is 4.79 Å². The van der Waals surface area contributed by atoms with Gasteiger partial charge in [-0.05, 0) is 38.9 Å². The summed E-state index contributed by atoms with van der Waals surface area (Å²) in [5, 5.41) is 0.128. The Bertz CT molecular complexity index is 387. The normalized spacial score (nSPS) is 21.2. The Balaban J connectivity index is 2.63. The van der Waals surface area contributed by atoms with E-state index in [9.17, 15) is 4.79 Å². The molecule has 1 fully saturated rings. The molecular weight excluding hydrogens is 306 g/mol. The molecule has 1 rings (SSSR count). The minimum atomic E-state index is -1.89. The summed E-state index contributed by atoms with van der Waals surface area (Å²) in [7, 11) is -1.89. The lowest BCUT2D eigenvalue weighted by Crippen LogP contribution is -2.46. The third kappa shape index (κ3) is 5.15. The molecule has 0 radical (unpaired) electrons. The lowest BCUT2D eigenvalue weighted by molar-refractivity contribution is 0.0377. The predicted octanol–water partition coefficient (Wildman–Crippen LogP) is 4.23. The van der Waals surface area contributed by atoms with Gasteiger partial charge < -0.3 is 9.16 Å². The molecule has 1 aliphatic rings. The Morgan fingerprint density at radius 2 is 1.81 bits per heavy atom. The van der Waals surface area contributed by atoms with Crippen molar-refractivity contribution in [3.8, 4) is 0 Å². The quantitative estimate of drug-likeness (QED) is 0.438. The van der Waals surface area contributed by atoms with Gasteiger partial charge in [0, 0.05) is 12.4 Å². The van der Waals surface area contributed by atoms with Crippen molar-refractivity contribution in [3.05, 3.63) is 0 Å². The van der Waals surface area contributed by atoms with Crippen LogP contribution in [0.1, 0.15) is 41.5 Å². The van der Waals surface area contributed by atoms with Crippen molar-refractivity contribution in [1.82, 2.24) is 4.90 Å². The molecule has 21 heavy (non-hydrogen) atoms. The minimum Gasteiger partial charge on any atom is -0.444 e. The topological polar surface area (TPSA) is 38.5 Å². The van der Waals surface area contributed by atoms with E-state index in [0.717, 1.165) is 0 Å². The zero-order chi connectivity index (χ0) is 16.6. The van der Waals surface area contributed by atoms with Crippen LogP contribution < -0.4 is 0 Å². The summed E-state index contributed by atoms with van der Waals surface area (Å²) >= 11 is 6.08. The van der Waals surface area contributed by atoms with Gasteiger partial charge in [-0.2, -0.15) is 0 Å². The molecule has 0 N–H and O–H groups in total. The number of nitrogens with zero attached hydrogens (tertiary/aromatic N) is 1. The maximum Gasteiger partial charge on any atom is 0.410 e. The lowest BCUT2D eigenvalue weighted by Gasteiger charge is -2.39. The fourth-order valence-corrected chi connectivity index (χ4v) is 3.50. The van der Waals surface area contributed by atoms with Crippen LogP contribution in [-0.4, -0.2) is 49.5 Å². The standard InChI is InChI=1S/C15H30ClNO3Si/c1-14(2,3)19-13(18)17-10-11(17)12(9-16)20-21(7,8)15(4,5)6/h11-12H,9-10H2,1-8H3. The number of carbonyl (C=O) groups is 1. The fraction of sp³-hybridized carbons (Fsp3) is 0.933. The molecule has 0 aromatic carbocycles. The molecule has 4 nitrogen and oxygen atoms in total. The van der Waals surface area contributed by atoms with Crippen LogP contribution in [0.2, 0.25) is 18.1 Å². The van der Waals surface area contributed by atoms with Gasteiger partial charge in [0.05, 0.1) is 12.1 Å². The summed E-state index contributed by atoms with van der Waals surface area (Å²) in [4.78, 5) is 13.7. The summed E-state index contributed by atoms with van der Waals surface area (Å²) in [6, 6.07) is 0.0477. The number of alkyl halides is 1. The lowest BCUT2D eigenvalue weighted by atomic mass is 10.2. The summed E-state index contributed by atoms with van der Waals surface area (Å²) in [5.74, 6) is 0.399. The van der Waals surface area contributed by atoms with E-state index in [0.29, 0.717) is 12.4 Å². The number of hydrogen-bond donors (Lipinski definition) is 0. The van der Waals surface area contributed by atoms with Gasteiger partial charge in [-0.1, -0.05) is 20.8 Å². The van der Waals surface area contributed by atoms with Crippen molar-refractivity contribution in [2.75, 3.05) is 12.4 Å². The van der Waals surface area contributed by atoms with E-state index in [4.69, 9.17) is 20.8 Å². The van der Waals surface area contributed by atoms with Crippen LogP contribution in [-0.2, 0) is 9.16 Å². The summed E-state index contributed by atoms with van der Waals surface area (Å²) < 4.78 is 11.7. The van der Waals surface area contributed by atoms with Crippen LogP contribution in [0.5, 0.6) is 0 Å². The van der Waals surface area contributed by atoms with Crippen LogP contribution in [0.15, 0.2) is 0 Å². The zero-order valence-corrected chi connectivity index (χ0v) is 16.4. The Morgan fingerprint density at radius 3 is 2.19 bits per heavy atom. The van der Waals surface area contributed by atoms with Crippen molar-refractivity contribution >= 4 is 26.0 Å². The molecule has 1 aliphatic heterocycles. The first-order valence-corrected chi connectivity index (χ1v) is 11.0. The molecule has 2 atom stereocenters. The van der Waals surface area contributed by atoms with E-state index in [-0.39, 0.29) is 23.3 Å². The van der Waals surface area contributed by atoms with Crippen LogP contribution in [0.3, 0.4) is 0 Å². The number of halogens is 1. The van der Waals surface area contributed by atoms with Gasteiger partial charge in [0.2, 0.25) is 0 Å². The average molecular weight is 336 g/mol. The maximum atomic E-state index is 12.0. The largest absolute Gasteiger partial charge is 0.444 e. The second kappa shape index (κ2) is 6.09. The van der Waals surface area contributed by atoms with E-state index in [1.807, 2.05) is 20.8 Å². The van der Waals surface area contributed by atoms with Crippen LogP contribution in [0.25, 0.3) is 0 Å². The molecule has 2 unspecified atom stereocenters. The van der Waals surface area contributed by atoms with Crippen molar-refractivity contribution in [1.29, 1.82) is 0 Å². The van der Waals surface area contributed by atoms with E-state index >= 15 is 0 Å². The van der Waals surface area contributed by atoms with Gasteiger partial charge in [0.1, 0.15) is 5.60 Å². The van der Waals surface area contributed by atoms with E-state index in [1.54, 1.807) is 4.90 Å². The molecule has 0 saturated carbocycles. The van der Waals surface area contributed by atoms with Crippen molar-refractivity contribution < 1.29 is 14.0 Å². The third-order valence-corrected chi connectivity index (χ3v) is 8.92. The van der Waals surface area contributed by atoms with Gasteiger partial charge in [-0.15, -0.1) is 11.6 Å². The van der Waals surface area contributed by atoms with Crippen LogP contribution in [0, 0.1) is 0 Å². The number of amides is 1. The Morgan fingerprint density at radius 1 is 1.29 bits per heavy atom. The van der Waals surface area contributed by atoms with E-state index in [1.165, 1.54) is 0 Å². The highest BCUT2D eigenvalue weighted by molar-refractivity contribution is 6.74. The molecule has 1 saturated heterocycles. The molecular formula is C15H30ClNO3Si. The first kappa shape index (κ1) is 18.8. The SMILES string of the molecule is CC(C)(C)OC(=O)N1CC1C(CCl)O[Si](C)(C)C(C)(C)C. The Labute approximate surface area is 135 Å². The monoisotopic (exact) mass is 335 g/mol. The average Bonchev–Trinajstić information content (AvgIpc) is 3.01. The minimum absolute atomic E-state index is 0.0477. The molecule has 0 bridgehead atoms. The van der Waals surface area contributed by atoms with E-state index in [2.05, 4.69) is 33.9 Å². The van der Waals surface area contributed by atoms with Crippen molar-refractivity contribution in [2.24, 2.45) is 0 Å². The summed E-state index contributed by atoms with van der Waals surface area (Å²) in [6.07, 6.45) is -0.387. The van der Waals surface area contributed by atoms with Crippen molar-refractivity contribution in [2.45, 2.75) is 77.4 Å². The van der Waals surface area contributed by atoms with Gasteiger partial charge in [-0.3, -0.25) is 4.90 Å². The second-order valence-corrected chi connectivity index (χ2v) is 13.3. The summed E-state index contributed by atoms with van der Waals surface area (Å²) in [6.45, 7) is 17.3. The number of ether oxygens (including phenoxy) is 1. The molecule has 1 heterocycles. The second-order valence-electron chi connectivity index (χ2n) is 8.27. The highest BCUT2D eigenvalue weighted by Gasteiger charge is 2.49. The smallest absolute Gasteiger partial charge is 0.410 e. The Hall–Kier alpha value is -0.263. The van der Waals surface area contributed by atoms with Gasteiger partial charge in [0.15, 0.2) is 8.32 Å². The Kier molecular flexibility index (Phi) is 5.45. The highest BCUT2D eigenvalue weighted by atomic mass is 35.5. The maximum absolute atomic E-state index is 12.0. The first-order chi connectivity index (χ1) is 9.28. The van der Waals surface area contributed by atoms with Gasteiger partial charge >= 0.3 is 6.09 Å². The van der Waals surface area contributed by atoms with Gasteiger partial charge in [0.25, 0.3) is 0 Å².